The Morgan fingerprint density at radius 2 is 1.31 bits per heavy atom. The van der Waals surface area contributed by atoms with Crippen LogP contribution in [0.25, 0.3) is 54.0 Å². The van der Waals surface area contributed by atoms with Crippen LogP contribution in [0.1, 0.15) is 47.1 Å². The van der Waals surface area contributed by atoms with E-state index in [4.69, 9.17) is 4.98 Å². The number of carbonyl (C=O) groups is 1. The zero-order chi connectivity index (χ0) is 27.4. The van der Waals surface area contributed by atoms with Crippen molar-refractivity contribution in [2.24, 2.45) is 10.8 Å². The van der Waals surface area contributed by atoms with Gasteiger partial charge in [0.25, 0.3) is 0 Å². The maximum absolute atomic E-state index is 11.5. The van der Waals surface area contributed by atoms with Gasteiger partial charge in [-0.05, 0) is 43.9 Å². The molecule has 0 atom stereocenters. The Morgan fingerprint density at radius 3 is 1.90 bits per heavy atom. The van der Waals surface area contributed by atoms with Crippen LogP contribution in [0.15, 0.2) is 78.7 Å². The van der Waals surface area contributed by atoms with Crippen LogP contribution in [0.5, 0.6) is 0 Å². The SMILES string of the molecule is CC(C)(C)C(=O)/C=C(\O)C(C)(C)C.Cc1[c-]c2c(cc1)c1cccc3c4ccccc4c4ccnc2c4c13.[Ir]. The summed E-state index contributed by atoms with van der Waals surface area (Å²) in [7, 11) is 0. The first-order valence-corrected chi connectivity index (χ1v) is 13.1. The minimum atomic E-state index is -0.417. The molecule has 1 aromatic heterocycles. The van der Waals surface area contributed by atoms with E-state index in [1.165, 1.54) is 49.2 Å². The third kappa shape index (κ3) is 5.16. The van der Waals surface area contributed by atoms with Gasteiger partial charge in [0.1, 0.15) is 5.76 Å². The van der Waals surface area contributed by atoms with Crippen LogP contribution in [0.2, 0.25) is 0 Å². The summed E-state index contributed by atoms with van der Waals surface area (Å²) in [5, 5.41) is 21.0. The van der Waals surface area contributed by atoms with E-state index in [9.17, 15) is 9.90 Å². The number of rotatable bonds is 1. The van der Waals surface area contributed by atoms with Gasteiger partial charge in [-0.25, -0.2) is 0 Å². The van der Waals surface area contributed by atoms with E-state index in [0.717, 1.165) is 16.5 Å². The molecule has 5 aromatic carbocycles. The first kappa shape index (κ1) is 28.7. The molecule has 6 rings (SSSR count). The number of aliphatic hydroxyl groups excluding tert-OH is 1. The quantitative estimate of drug-likeness (QED) is 0.0614. The van der Waals surface area contributed by atoms with Gasteiger partial charge < -0.3 is 10.1 Å². The molecule has 6 aromatic rings. The summed E-state index contributed by atoms with van der Waals surface area (Å²) in [6, 6.07) is 25.4. The number of carbonyl (C=O) groups excluding carboxylic acids is 1. The molecule has 0 fully saturated rings. The predicted molar refractivity (Wildman–Crippen MR) is 161 cm³/mol. The molecule has 0 saturated heterocycles. The van der Waals surface area contributed by atoms with Gasteiger partial charge in [-0.15, -0.1) is 29.1 Å². The van der Waals surface area contributed by atoms with Gasteiger partial charge >= 0.3 is 0 Å². The second-order valence-corrected chi connectivity index (χ2v) is 12.2. The van der Waals surface area contributed by atoms with Gasteiger partial charge in [0.05, 0.1) is 0 Å². The molecule has 4 heteroatoms. The van der Waals surface area contributed by atoms with Gasteiger partial charge in [-0.3, -0.25) is 4.79 Å². The number of aromatic nitrogens is 1. The molecule has 3 nitrogen and oxygen atoms in total. The molecule has 0 unspecified atom stereocenters. The van der Waals surface area contributed by atoms with Crippen molar-refractivity contribution in [3.8, 4) is 0 Å². The Kier molecular flexibility index (Phi) is 7.60. The molecule has 201 valence electrons. The number of aryl methyl sites for hydroxylation is 1. The summed E-state index contributed by atoms with van der Waals surface area (Å²) >= 11 is 0. The second-order valence-electron chi connectivity index (χ2n) is 12.2. The number of pyridine rings is 1. The number of ketones is 1. The zero-order valence-electron chi connectivity index (χ0n) is 23.6. The molecule has 0 spiro atoms. The molecule has 0 aliphatic heterocycles. The molecule has 0 aliphatic carbocycles. The van der Waals surface area contributed by atoms with Crippen molar-refractivity contribution in [1.82, 2.24) is 4.98 Å². The van der Waals surface area contributed by atoms with Crippen LogP contribution >= 0.6 is 0 Å². The van der Waals surface area contributed by atoms with E-state index < -0.39 is 5.41 Å². The van der Waals surface area contributed by atoms with Crippen molar-refractivity contribution < 1.29 is 30.0 Å². The topological polar surface area (TPSA) is 50.2 Å². The summed E-state index contributed by atoms with van der Waals surface area (Å²) in [6.45, 7) is 13.2. The van der Waals surface area contributed by atoms with Gasteiger partial charge in [0, 0.05) is 43.2 Å². The zero-order valence-corrected chi connectivity index (χ0v) is 26.0. The molecular weight excluding hydrogens is 659 g/mol. The number of nitrogens with zero attached hydrogens (tertiary/aromatic N) is 1. The van der Waals surface area contributed by atoms with Gasteiger partial charge in [0.15, 0.2) is 5.78 Å². The van der Waals surface area contributed by atoms with Crippen LogP contribution in [0.4, 0.5) is 0 Å². The molecule has 1 heterocycles. The Bertz CT molecular complexity index is 1870. The molecule has 1 radical (unpaired) electrons. The fraction of sp³-hybridized carbons (Fsp3) is 0.257. The fourth-order valence-electron chi connectivity index (χ4n) is 4.92. The monoisotopic (exact) mass is 693 g/mol. The Labute approximate surface area is 243 Å². The minimum absolute atomic E-state index is 0. The van der Waals surface area contributed by atoms with Crippen LogP contribution in [0.3, 0.4) is 0 Å². The largest absolute Gasteiger partial charge is 0.512 e. The number of aliphatic hydroxyl groups is 1. The van der Waals surface area contributed by atoms with Crippen LogP contribution in [-0.4, -0.2) is 15.9 Å². The molecule has 0 saturated carbocycles. The molecule has 39 heavy (non-hydrogen) atoms. The van der Waals surface area contributed by atoms with E-state index in [0.29, 0.717) is 0 Å². The molecular formula is C35H34IrNO2-. The third-order valence-corrected chi connectivity index (χ3v) is 7.17. The average Bonchev–Trinajstić information content (AvgIpc) is 2.87. The summed E-state index contributed by atoms with van der Waals surface area (Å²) < 4.78 is 0. The summed E-state index contributed by atoms with van der Waals surface area (Å²) in [5.41, 5.74) is 1.44. The third-order valence-electron chi connectivity index (χ3n) is 7.17. The minimum Gasteiger partial charge on any atom is -0.512 e. The fourth-order valence-corrected chi connectivity index (χ4v) is 4.92. The van der Waals surface area contributed by atoms with Crippen molar-refractivity contribution in [1.29, 1.82) is 0 Å². The predicted octanol–water partition coefficient (Wildman–Crippen LogP) is 9.48. The first-order chi connectivity index (χ1) is 17.9. The van der Waals surface area contributed by atoms with E-state index in [1.807, 2.05) is 47.7 Å². The van der Waals surface area contributed by atoms with Crippen molar-refractivity contribution in [2.45, 2.75) is 48.5 Å². The van der Waals surface area contributed by atoms with Gasteiger partial charge in [-0.2, -0.15) is 0 Å². The summed E-state index contributed by atoms with van der Waals surface area (Å²) in [4.78, 5) is 16.3. The Morgan fingerprint density at radius 1 is 0.744 bits per heavy atom. The van der Waals surface area contributed by atoms with Crippen molar-refractivity contribution in [3.05, 3.63) is 90.3 Å². The maximum Gasteiger partial charge on any atom is 0.164 e. The molecule has 0 amide bonds. The normalized spacial score (nSPS) is 12.6. The number of allylic oxidation sites excluding steroid dienone is 2. The standard InChI is InChI=1S/C24H14N.C11H20O2.Ir/c1-14-9-10-17-19-8-4-7-18-15-5-2-3-6-16(15)20-11-12-25-24(21(17)13-14)23(20)22(18)19;1-10(2,3)8(12)7-9(13)11(4,5)6;/h2-12H,1H3;7,12H,1-6H3;/q-1;;/b;8-7-;. The second kappa shape index (κ2) is 10.3. The summed E-state index contributed by atoms with van der Waals surface area (Å²) in [5.74, 6) is 0.104. The number of hydrogen-bond donors (Lipinski definition) is 1. The number of fused-ring (bicyclic) bond motifs is 6. The van der Waals surface area contributed by atoms with Crippen molar-refractivity contribution in [2.75, 3.05) is 0 Å². The number of benzene rings is 5. The smallest absolute Gasteiger partial charge is 0.164 e. The van der Waals surface area contributed by atoms with Crippen molar-refractivity contribution >= 4 is 59.8 Å². The molecule has 0 bridgehead atoms. The van der Waals surface area contributed by atoms with E-state index >= 15 is 0 Å². The Balaban J connectivity index is 0.000000219. The number of hydrogen-bond acceptors (Lipinski definition) is 3. The van der Waals surface area contributed by atoms with E-state index in [2.05, 4.69) is 73.7 Å². The maximum atomic E-state index is 11.5. The van der Waals surface area contributed by atoms with Crippen LogP contribution in [0, 0.1) is 23.8 Å². The Hall–Kier alpha value is -3.33. The van der Waals surface area contributed by atoms with Crippen LogP contribution < -0.4 is 0 Å². The average molecular weight is 693 g/mol. The first-order valence-electron chi connectivity index (χ1n) is 13.1. The van der Waals surface area contributed by atoms with Crippen molar-refractivity contribution in [3.63, 3.8) is 0 Å². The molecule has 1 N–H and O–H groups in total. The molecule has 0 aliphatic rings. The van der Waals surface area contributed by atoms with E-state index in [-0.39, 0.29) is 37.1 Å². The van der Waals surface area contributed by atoms with Crippen LogP contribution in [-0.2, 0) is 24.9 Å². The van der Waals surface area contributed by atoms with E-state index in [1.54, 1.807) is 0 Å². The van der Waals surface area contributed by atoms with Gasteiger partial charge in [0.2, 0.25) is 0 Å². The summed E-state index contributed by atoms with van der Waals surface area (Å²) in [6.07, 6.45) is 3.27. The van der Waals surface area contributed by atoms with Gasteiger partial charge in [-0.1, -0.05) is 102 Å².